The fourth-order valence-corrected chi connectivity index (χ4v) is 2.60. The third kappa shape index (κ3) is 3.57. The number of fused-ring (bicyclic) bond motifs is 1. The normalized spacial score (nSPS) is 17.9. The van der Waals surface area contributed by atoms with E-state index in [0.29, 0.717) is 0 Å². The molecule has 0 saturated carbocycles. The van der Waals surface area contributed by atoms with Crippen LogP contribution >= 0.6 is 0 Å². The van der Waals surface area contributed by atoms with Crippen molar-refractivity contribution >= 4 is 5.91 Å². The quantitative estimate of drug-likeness (QED) is 0.824. The van der Waals surface area contributed by atoms with E-state index in [1.807, 2.05) is 11.9 Å². The van der Waals surface area contributed by atoms with Gasteiger partial charge in [-0.15, -0.1) is 0 Å². The van der Waals surface area contributed by atoms with Gasteiger partial charge in [-0.05, 0) is 24.0 Å². The Bertz CT molecular complexity index is 431. The monoisotopic (exact) mass is 260 g/mol. The molecule has 1 atom stereocenters. The number of hydrogen-bond acceptors (Lipinski definition) is 2. The molecule has 1 aliphatic rings. The summed E-state index contributed by atoms with van der Waals surface area (Å²) in [5.41, 5.74) is 2.63. The van der Waals surface area contributed by atoms with Crippen LogP contribution < -0.4 is 5.32 Å². The Balaban J connectivity index is 1.91. The molecule has 0 aliphatic carbocycles. The molecule has 3 heteroatoms. The van der Waals surface area contributed by atoms with Crippen LogP contribution in [0.2, 0.25) is 0 Å². The molecule has 1 aliphatic heterocycles. The lowest BCUT2D eigenvalue weighted by atomic mass is 9.95. The molecular formula is C16H24N2O. The predicted molar refractivity (Wildman–Crippen MR) is 77.9 cm³/mol. The van der Waals surface area contributed by atoms with Gasteiger partial charge in [-0.2, -0.15) is 0 Å². The molecule has 0 bridgehead atoms. The summed E-state index contributed by atoms with van der Waals surface area (Å²) < 4.78 is 0. The molecule has 0 aromatic heterocycles. The number of likely N-dealkylation sites (N-methyl/N-ethyl adjacent to an activating group) is 1. The molecular weight excluding hydrogens is 236 g/mol. The molecule has 1 heterocycles. The summed E-state index contributed by atoms with van der Waals surface area (Å²) in [6.07, 6.45) is 4.30. The zero-order valence-corrected chi connectivity index (χ0v) is 12.0. The minimum Gasteiger partial charge on any atom is -0.344 e. The third-order valence-electron chi connectivity index (χ3n) is 3.85. The molecule has 1 N–H and O–H groups in total. The van der Waals surface area contributed by atoms with Crippen LogP contribution in [0.5, 0.6) is 0 Å². The van der Waals surface area contributed by atoms with Gasteiger partial charge in [0, 0.05) is 20.1 Å². The number of benzene rings is 1. The van der Waals surface area contributed by atoms with Gasteiger partial charge in [0.25, 0.3) is 0 Å². The fraction of sp³-hybridized carbons (Fsp3) is 0.562. The van der Waals surface area contributed by atoms with Crippen molar-refractivity contribution < 1.29 is 4.79 Å². The Morgan fingerprint density at radius 3 is 2.79 bits per heavy atom. The van der Waals surface area contributed by atoms with Crippen molar-refractivity contribution in [3.63, 3.8) is 0 Å². The third-order valence-corrected chi connectivity index (χ3v) is 3.85. The zero-order valence-electron chi connectivity index (χ0n) is 12.0. The Kier molecular flexibility index (Phi) is 4.97. The number of unbranched alkanes of at least 4 members (excludes halogenated alkanes) is 2. The van der Waals surface area contributed by atoms with Gasteiger partial charge in [-0.1, -0.05) is 44.0 Å². The highest BCUT2D eigenvalue weighted by molar-refractivity contribution is 5.82. The SMILES string of the molecule is CCCCCN(C)C(=O)[C@@H]1Cc2ccccc2CN1. The van der Waals surface area contributed by atoms with Crippen LogP contribution in [0.1, 0.15) is 37.3 Å². The number of hydrogen-bond donors (Lipinski definition) is 1. The van der Waals surface area contributed by atoms with E-state index < -0.39 is 0 Å². The Morgan fingerprint density at radius 2 is 2.05 bits per heavy atom. The van der Waals surface area contributed by atoms with E-state index in [4.69, 9.17) is 0 Å². The topological polar surface area (TPSA) is 32.3 Å². The average molecular weight is 260 g/mol. The lowest BCUT2D eigenvalue weighted by Gasteiger charge is -2.29. The maximum absolute atomic E-state index is 12.4. The van der Waals surface area contributed by atoms with Crippen molar-refractivity contribution in [2.75, 3.05) is 13.6 Å². The standard InChI is InChI=1S/C16H24N2O/c1-3-4-7-10-18(2)16(19)15-11-13-8-5-6-9-14(13)12-17-15/h5-6,8-9,15,17H,3-4,7,10-12H2,1-2H3/t15-/m0/s1. The predicted octanol–water partition coefficient (Wildman–Crippen LogP) is 2.35. The maximum Gasteiger partial charge on any atom is 0.239 e. The van der Waals surface area contributed by atoms with Crippen LogP contribution in [-0.4, -0.2) is 30.4 Å². The largest absolute Gasteiger partial charge is 0.344 e. The Morgan fingerprint density at radius 1 is 1.32 bits per heavy atom. The van der Waals surface area contributed by atoms with Gasteiger partial charge < -0.3 is 10.2 Å². The van der Waals surface area contributed by atoms with Crippen molar-refractivity contribution in [2.45, 2.75) is 45.2 Å². The Labute approximate surface area is 116 Å². The molecule has 2 rings (SSSR count). The molecule has 1 aromatic rings. The lowest BCUT2D eigenvalue weighted by Crippen LogP contribution is -2.48. The van der Waals surface area contributed by atoms with E-state index in [0.717, 1.165) is 25.9 Å². The molecule has 0 radical (unpaired) electrons. The second-order valence-electron chi connectivity index (χ2n) is 5.37. The van der Waals surface area contributed by atoms with E-state index in [1.165, 1.54) is 24.0 Å². The number of carbonyl (C=O) groups is 1. The van der Waals surface area contributed by atoms with Crippen LogP contribution in [0.15, 0.2) is 24.3 Å². The van der Waals surface area contributed by atoms with E-state index in [9.17, 15) is 4.79 Å². The van der Waals surface area contributed by atoms with Gasteiger partial charge in [0.1, 0.15) is 0 Å². The highest BCUT2D eigenvalue weighted by Gasteiger charge is 2.25. The smallest absolute Gasteiger partial charge is 0.239 e. The fourth-order valence-electron chi connectivity index (χ4n) is 2.60. The zero-order chi connectivity index (χ0) is 13.7. The number of rotatable bonds is 5. The van der Waals surface area contributed by atoms with Crippen LogP contribution in [0.25, 0.3) is 0 Å². The van der Waals surface area contributed by atoms with Crippen molar-refractivity contribution in [1.29, 1.82) is 0 Å². The van der Waals surface area contributed by atoms with E-state index in [2.05, 4.69) is 36.5 Å². The molecule has 3 nitrogen and oxygen atoms in total. The van der Waals surface area contributed by atoms with Gasteiger partial charge in [0.2, 0.25) is 5.91 Å². The van der Waals surface area contributed by atoms with Gasteiger partial charge >= 0.3 is 0 Å². The van der Waals surface area contributed by atoms with Crippen LogP contribution in [0.4, 0.5) is 0 Å². The number of amides is 1. The molecule has 0 saturated heterocycles. The molecule has 0 unspecified atom stereocenters. The molecule has 0 spiro atoms. The molecule has 1 amide bonds. The van der Waals surface area contributed by atoms with Crippen molar-refractivity contribution in [3.05, 3.63) is 35.4 Å². The average Bonchev–Trinajstić information content (AvgIpc) is 2.46. The number of nitrogens with zero attached hydrogens (tertiary/aromatic N) is 1. The summed E-state index contributed by atoms with van der Waals surface area (Å²) in [7, 11) is 1.92. The molecule has 0 fully saturated rings. The second-order valence-corrected chi connectivity index (χ2v) is 5.37. The summed E-state index contributed by atoms with van der Waals surface area (Å²) in [4.78, 5) is 14.2. The Hall–Kier alpha value is -1.35. The first-order valence-corrected chi connectivity index (χ1v) is 7.27. The second kappa shape index (κ2) is 6.71. The van der Waals surface area contributed by atoms with Crippen LogP contribution in [0, 0.1) is 0 Å². The number of carbonyl (C=O) groups excluding carboxylic acids is 1. The summed E-state index contributed by atoms with van der Waals surface area (Å²) in [5.74, 6) is 0.227. The first-order valence-electron chi connectivity index (χ1n) is 7.27. The first kappa shape index (κ1) is 14.1. The van der Waals surface area contributed by atoms with E-state index in [1.54, 1.807) is 0 Å². The number of nitrogens with one attached hydrogen (secondary N) is 1. The van der Waals surface area contributed by atoms with Crippen molar-refractivity contribution in [3.8, 4) is 0 Å². The minimum atomic E-state index is -0.0541. The lowest BCUT2D eigenvalue weighted by molar-refractivity contribution is -0.132. The van der Waals surface area contributed by atoms with Crippen molar-refractivity contribution in [2.24, 2.45) is 0 Å². The van der Waals surface area contributed by atoms with Gasteiger partial charge in [0.05, 0.1) is 6.04 Å². The van der Waals surface area contributed by atoms with E-state index >= 15 is 0 Å². The summed E-state index contributed by atoms with van der Waals surface area (Å²) in [5, 5.41) is 3.36. The van der Waals surface area contributed by atoms with Crippen LogP contribution in [-0.2, 0) is 17.8 Å². The highest BCUT2D eigenvalue weighted by atomic mass is 16.2. The minimum absolute atomic E-state index is 0.0541. The van der Waals surface area contributed by atoms with E-state index in [-0.39, 0.29) is 11.9 Å². The maximum atomic E-state index is 12.4. The summed E-state index contributed by atoms with van der Waals surface area (Å²) in [6.45, 7) is 3.85. The summed E-state index contributed by atoms with van der Waals surface area (Å²) >= 11 is 0. The van der Waals surface area contributed by atoms with Crippen molar-refractivity contribution in [1.82, 2.24) is 10.2 Å². The van der Waals surface area contributed by atoms with Gasteiger partial charge in [-0.3, -0.25) is 4.79 Å². The molecule has 104 valence electrons. The molecule has 19 heavy (non-hydrogen) atoms. The highest BCUT2D eigenvalue weighted by Crippen LogP contribution is 2.17. The summed E-state index contributed by atoms with van der Waals surface area (Å²) in [6, 6.07) is 8.32. The van der Waals surface area contributed by atoms with Gasteiger partial charge in [-0.25, -0.2) is 0 Å². The van der Waals surface area contributed by atoms with Gasteiger partial charge in [0.15, 0.2) is 0 Å². The first-order chi connectivity index (χ1) is 9.22. The molecule has 1 aromatic carbocycles. The van der Waals surface area contributed by atoms with Crippen LogP contribution in [0.3, 0.4) is 0 Å².